The van der Waals surface area contributed by atoms with Crippen LogP contribution in [0.4, 0.5) is 10.1 Å². The lowest BCUT2D eigenvalue weighted by molar-refractivity contribution is 0.102. The summed E-state index contributed by atoms with van der Waals surface area (Å²) >= 11 is 11.8. The van der Waals surface area contributed by atoms with Gasteiger partial charge in [0.15, 0.2) is 0 Å². The molecule has 2 aromatic rings. The van der Waals surface area contributed by atoms with Crippen LogP contribution >= 0.6 is 23.2 Å². The minimum Gasteiger partial charge on any atom is -0.322 e. The van der Waals surface area contributed by atoms with E-state index >= 15 is 0 Å². The van der Waals surface area contributed by atoms with Crippen molar-refractivity contribution in [2.45, 2.75) is 44.0 Å². The zero-order chi connectivity index (χ0) is 22.1. The molecule has 30 heavy (non-hydrogen) atoms. The van der Waals surface area contributed by atoms with Gasteiger partial charge in [-0.25, -0.2) is 17.5 Å². The quantitative estimate of drug-likeness (QED) is 0.603. The second-order valence-electron chi connectivity index (χ2n) is 7.72. The molecule has 1 amide bonds. The van der Waals surface area contributed by atoms with Crippen LogP contribution in [0.5, 0.6) is 0 Å². The molecular formula is C21H23Cl2FN2O3S. The molecule has 1 fully saturated rings. The van der Waals surface area contributed by atoms with Gasteiger partial charge in [-0.15, -0.1) is 0 Å². The van der Waals surface area contributed by atoms with Gasteiger partial charge >= 0.3 is 0 Å². The standard InChI is InChI=1S/C21H23Cl2FN2O3S/c1-12-4-3-5-20(13(12)2)26-30(28,29)15-7-9-19(24)16(11-15)21(27)25-14-6-8-17(22)18(23)10-14/h6-13,20,26H,3-5H2,1-2H3,(H,25,27)/t12-,13+,20-/m1/s1. The number of hydrogen-bond acceptors (Lipinski definition) is 3. The zero-order valence-corrected chi connectivity index (χ0v) is 18.9. The molecule has 1 aliphatic carbocycles. The highest BCUT2D eigenvalue weighted by atomic mass is 35.5. The van der Waals surface area contributed by atoms with E-state index < -0.39 is 21.7 Å². The van der Waals surface area contributed by atoms with Crippen molar-refractivity contribution in [1.82, 2.24) is 4.72 Å². The molecule has 162 valence electrons. The molecular weight excluding hydrogens is 450 g/mol. The Hall–Kier alpha value is -1.67. The molecule has 0 saturated heterocycles. The third-order valence-electron chi connectivity index (χ3n) is 5.68. The van der Waals surface area contributed by atoms with Crippen molar-refractivity contribution in [2.75, 3.05) is 5.32 Å². The molecule has 0 unspecified atom stereocenters. The van der Waals surface area contributed by atoms with Gasteiger partial charge in [0.1, 0.15) is 5.82 Å². The number of anilines is 1. The third-order valence-corrected chi connectivity index (χ3v) is 7.91. The lowest BCUT2D eigenvalue weighted by Crippen LogP contribution is -2.43. The maximum absolute atomic E-state index is 14.3. The van der Waals surface area contributed by atoms with Crippen molar-refractivity contribution < 1.29 is 17.6 Å². The molecule has 5 nitrogen and oxygen atoms in total. The summed E-state index contributed by atoms with van der Waals surface area (Å²) in [5.74, 6) is -1.02. The van der Waals surface area contributed by atoms with E-state index in [9.17, 15) is 17.6 Å². The van der Waals surface area contributed by atoms with Crippen LogP contribution in [0.15, 0.2) is 41.3 Å². The Morgan fingerprint density at radius 2 is 1.80 bits per heavy atom. The summed E-state index contributed by atoms with van der Waals surface area (Å²) in [5.41, 5.74) is -0.0702. The van der Waals surface area contributed by atoms with Crippen molar-refractivity contribution in [1.29, 1.82) is 0 Å². The van der Waals surface area contributed by atoms with E-state index in [1.54, 1.807) is 0 Å². The van der Waals surface area contributed by atoms with E-state index in [0.29, 0.717) is 16.6 Å². The van der Waals surface area contributed by atoms with Crippen LogP contribution in [0.1, 0.15) is 43.5 Å². The molecule has 1 aliphatic rings. The third kappa shape index (κ3) is 5.14. The molecule has 2 N–H and O–H groups in total. The number of carbonyl (C=O) groups is 1. The average Bonchev–Trinajstić information content (AvgIpc) is 2.68. The molecule has 9 heteroatoms. The highest BCUT2D eigenvalue weighted by Gasteiger charge is 2.31. The van der Waals surface area contributed by atoms with Gasteiger partial charge in [-0.1, -0.05) is 49.9 Å². The van der Waals surface area contributed by atoms with Crippen LogP contribution in [-0.2, 0) is 10.0 Å². The smallest absolute Gasteiger partial charge is 0.258 e. The van der Waals surface area contributed by atoms with Crippen molar-refractivity contribution in [3.63, 3.8) is 0 Å². The van der Waals surface area contributed by atoms with Crippen LogP contribution < -0.4 is 10.0 Å². The number of benzene rings is 2. The number of sulfonamides is 1. The van der Waals surface area contributed by atoms with Crippen LogP contribution in [0, 0.1) is 17.7 Å². The van der Waals surface area contributed by atoms with E-state index in [4.69, 9.17) is 23.2 Å². The monoisotopic (exact) mass is 472 g/mol. The minimum atomic E-state index is -3.91. The maximum Gasteiger partial charge on any atom is 0.258 e. The Balaban J connectivity index is 1.83. The summed E-state index contributed by atoms with van der Waals surface area (Å²) in [7, 11) is -3.91. The molecule has 0 spiro atoms. The summed E-state index contributed by atoms with van der Waals surface area (Å²) < 4.78 is 42.8. The number of carbonyl (C=O) groups excluding carboxylic acids is 1. The first-order chi connectivity index (χ1) is 14.1. The topological polar surface area (TPSA) is 75.3 Å². The summed E-state index contributed by atoms with van der Waals surface area (Å²) in [6, 6.07) is 7.41. The van der Waals surface area contributed by atoms with Crippen molar-refractivity contribution >= 4 is 44.8 Å². The van der Waals surface area contributed by atoms with Gasteiger partial charge in [0.25, 0.3) is 5.91 Å². The second kappa shape index (κ2) is 9.22. The Labute approximate surface area is 186 Å². The van der Waals surface area contributed by atoms with E-state index in [-0.39, 0.29) is 27.4 Å². The van der Waals surface area contributed by atoms with E-state index in [1.165, 1.54) is 18.2 Å². The molecule has 0 aliphatic heterocycles. The molecule has 2 aromatic carbocycles. The Morgan fingerprint density at radius 3 is 2.50 bits per heavy atom. The number of nitrogens with one attached hydrogen (secondary N) is 2. The lowest BCUT2D eigenvalue weighted by atomic mass is 9.78. The van der Waals surface area contributed by atoms with Crippen LogP contribution in [0.3, 0.4) is 0 Å². The van der Waals surface area contributed by atoms with Crippen molar-refractivity contribution in [3.05, 3.63) is 57.8 Å². The first kappa shape index (κ1) is 23.0. The SMILES string of the molecule is C[C@H]1[C@H](C)CCC[C@H]1NS(=O)(=O)c1ccc(F)c(C(=O)Nc2ccc(Cl)c(Cl)c2)c1. The minimum absolute atomic E-state index is 0.159. The molecule has 0 heterocycles. The Kier molecular flexibility index (Phi) is 7.07. The summed E-state index contributed by atoms with van der Waals surface area (Å²) in [4.78, 5) is 12.4. The van der Waals surface area contributed by atoms with Gasteiger partial charge in [0.2, 0.25) is 10.0 Å². The van der Waals surface area contributed by atoms with E-state index in [0.717, 1.165) is 37.5 Å². The largest absolute Gasteiger partial charge is 0.322 e. The van der Waals surface area contributed by atoms with Crippen LogP contribution in [-0.4, -0.2) is 20.4 Å². The lowest BCUT2D eigenvalue weighted by Gasteiger charge is -2.34. The van der Waals surface area contributed by atoms with Crippen molar-refractivity contribution in [2.24, 2.45) is 11.8 Å². The van der Waals surface area contributed by atoms with E-state index in [2.05, 4.69) is 17.0 Å². The van der Waals surface area contributed by atoms with Crippen LogP contribution in [0.25, 0.3) is 0 Å². The number of halogens is 3. The van der Waals surface area contributed by atoms with Gasteiger partial charge in [-0.2, -0.15) is 0 Å². The number of rotatable bonds is 5. The molecule has 3 atom stereocenters. The summed E-state index contributed by atoms with van der Waals surface area (Å²) in [5, 5.41) is 3.04. The molecule has 0 radical (unpaired) electrons. The molecule has 0 aromatic heterocycles. The fraction of sp³-hybridized carbons (Fsp3) is 0.381. The fourth-order valence-corrected chi connectivity index (χ4v) is 5.32. The second-order valence-corrected chi connectivity index (χ2v) is 10.2. The highest BCUT2D eigenvalue weighted by Crippen LogP contribution is 2.31. The highest BCUT2D eigenvalue weighted by molar-refractivity contribution is 7.89. The van der Waals surface area contributed by atoms with Gasteiger partial charge < -0.3 is 5.32 Å². The zero-order valence-electron chi connectivity index (χ0n) is 16.6. The predicted molar refractivity (Wildman–Crippen MR) is 117 cm³/mol. The predicted octanol–water partition coefficient (Wildman–Crippen LogP) is 5.49. The first-order valence-corrected chi connectivity index (χ1v) is 11.9. The first-order valence-electron chi connectivity index (χ1n) is 9.67. The number of amides is 1. The van der Waals surface area contributed by atoms with E-state index in [1.807, 2.05) is 6.92 Å². The maximum atomic E-state index is 14.3. The molecule has 0 bridgehead atoms. The summed E-state index contributed by atoms with van der Waals surface area (Å²) in [6.45, 7) is 4.13. The Bertz CT molecular complexity index is 1060. The van der Waals surface area contributed by atoms with Gasteiger partial charge in [-0.05, 0) is 54.7 Å². The normalized spacial score (nSPS) is 22.0. The average molecular weight is 473 g/mol. The fourth-order valence-electron chi connectivity index (χ4n) is 3.63. The van der Waals surface area contributed by atoms with Crippen LogP contribution in [0.2, 0.25) is 10.0 Å². The van der Waals surface area contributed by atoms with Gasteiger partial charge in [0.05, 0.1) is 20.5 Å². The number of hydrogen-bond donors (Lipinski definition) is 2. The van der Waals surface area contributed by atoms with Crippen molar-refractivity contribution in [3.8, 4) is 0 Å². The Morgan fingerprint density at radius 1 is 1.07 bits per heavy atom. The molecule has 1 saturated carbocycles. The molecule has 3 rings (SSSR count). The van der Waals surface area contributed by atoms with Gasteiger partial charge in [-0.3, -0.25) is 4.79 Å². The summed E-state index contributed by atoms with van der Waals surface area (Å²) in [6.07, 6.45) is 2.75. The van der Waals surface area contributed by atoms with Gasteiger partial charge in [0, 0.05) is 11.7 Å².